The summed E-state index contributed by atoms with van der Waals surface area (Å²) in [5.41, 5.74) is 8.57. The van der Waals surface area contributed by atoms with Crippen molar-refractivity contribution < 1.29 is 9.21 Å². The second-order valence-electron chi connectivity index (χ2n) is 5.13. The summed E-state index contributed by atoms with van der Waals surface area (Å²) < 4.78 is 5.61. The molecule has 1 aromatic carbocycles. The summed E-state index contributed by atoms with van der Waals surface area (Å²) in [7, 11) is 0. The molecule has 2 heterocycles. The van der Waals surface area contributed by atoms with E-state index >= 15 is 0 Å². The van der Waals surface area contributed by atoms with E-state index in [0.717, 1.165) is 22.7 Å². The first-order chi connectivity index (χ1) is 9.56. The monoisotopic (exact) mass is 271 g/mol. The molecule has 0 aliphatic carbocycles. The van der Waals surface area contributed by atoms with Crippen molar-refractivity contribution in [3.05, 3.63) is 47.2 Å². The number of hydrogen-bond donors (Lipinski definition) is 1. The summed E-state index contributed by atoms with van der Waals surface area (Å²) in [5.74, 6) is 1.10. The molecule has 104 valence electrons. The molecule has 1 amide bonds. The standard InChI is InChI=1S/C15H17N3O2/c1-9-10(2)20-14(17-9)8-18-12-6-4-3-5-11(12)7-13(18)15(16)19/h3-6,13H,7-8H2,1-2H3,(H2,16,19)/t13-/m0/s1. The Kier molecular flexibility index (Phi) is 2.97. The molecule has 0 saturated carbocycles. The fourth-order valence-corrected chi connectivity index (χ4v) is 2.65. The fourth-order valence-electron chi connectivity index (χ4n) is 2.65. The third-order valence-corrected chi connectivity index (χ3v) is 3.80. The van der Waals surface area contributed by atoms with Gasteiger partial charge in [0.05, 0.1) is 12.2 Å². The molecule has 1 atom stereocenters. The number of benzene rings is 1. The predicted molar refractivity (Wildman–Crippen MR) is 75.3 cm³/mol. The van der Waals surface area contributed by atoms with Gasteiger partial charge in [-0.25, -0.2) is 4.98 Å². The smallest absolute Gasteiger partial charge is 0.240 e. The molecular formula is C15H17N3O2. The van der Waals surface area contributed by atoms with Crippen LogP contribution in [0.3, 0.4) is 0 Å². The molecule has 0 spiro atoms. The van der Waals surface area contributed by atoms with Gasteiger partial charge >= 0.3 is 0 Å². The SMILES string of the molecule is Cc1nc(CN2c3ccccc3C[C@H]2C(N)=O)oc1C. The minimum absolute atomic E-state index is 0.318. The largest absolute Gasteiger partial charge is 0.444 e. The van der Waals surface area contributed by atoms with Crippen LogP contribution in [0, 0.1) is 13.8 Å². The van der Waals surface area contributed by atoms with Crippen LogP contribution in [-0.2, 0) is 17.8 Å². The summed E-state index contributed by atoms with van der Waals surface area (Å²) in [6, 6.07) is 7.62. The van der Waals surface area contributed by atoms with Gasteiger partial charge in [0.2, 0.25) is 11.8 Å². The zero-order valence-corrected chi connectivity index (χ0v) is 11.6. The highest BCUT2D eigenvalue weighted by atomic mass is 16.4. The Morgan fingerprint density at radius 3 is 2.85 bits per heavy atom. The first-order valence-electron chi connectivity index (χ1n) is 6.63. The summed E-state index contributed by atoms with van der Waals surface area (Å²) in [6.07, 6.45) is 0.643. The molecule has 2 aromatic rings. The maximum Gasteiger partial charge on any atom is 0.240 e. The fraction of sp³-hybridized carbons (Fsp3) is 0.333. The molecule has 0 radical (unpaired) electrons. The Labute approximate surface area is 117 Å². The number of anilines is 1. The van der Waals surface area contributed by atoms with Gasteiger partial charge in [0, 0.05) is 12.1 Å². The lowest BCUT2D eigenvalue weighted by Gasteiger charge is -2.23. The first-order valence-corrected chi connectivity index (χ1v) is 6.63. The highest BCUT2D eigenvalue weighted by molar-refractivity contribution is 5.86. The Balaban J connectivity index is 1.94. The number of amides is 1. The van der Waals surface area contributed by atoms with E-state index in [1.807, 2.05) is 43.0 Å². The summed E-state index contributed by atoms with van der Waals surface area (Å²) >= 11 is 0. The molecule has 1 aliphatic rings. The lowest BCUT2D eigenvalue weighted by molar-refractivity contribution is -0.119. The van der Waals surface area contributed by atoms with Gasteiger partial charge in [-0.1, -0.05) is 18.2 Å². The van der Waals surface area contributed by atoms with E-state index in [-0.39, 0.29) is 11.9 Å². The predicted octanol–water partition coefficient (Wildman–Crippen LogP) is 1.71. The molecule has 5 nitrogen and oxygen atoms in total. The Morgan fingerprint density at radius 1 is 1.45 bits per heavy atom. The van der Waals surface area contributed by atoms with Gasteiger partial charge in [0.25, 0.3) is 0 Å². The molecule has 3 rings (SSSR count). The molecule has 20 heavy (non-hydrogen) atoms. The van der Waals surface area contributed by atoms with Crippen LogP contribution in [0.2, 0.25) is 0 Å². The van der Waals surface area contributed by atoms with Crippen molar-refractivity contribution in [3.63, 3.8) is 0 Å². The Morgan fingerprint density at radius 2 is 2.20 bits per heavy atom. The van der Waals surface area contributed by atoms with Crippen molar-refractivity contribution >= 4 is 11.6 Å². The average Bonchev–Trinajstić information content (AvgIpc) is 2.92. The second-order valence-corrected chi connectivity index (χ2v) is 5.13. The van der Waals surface area contributed by atoms with Crippen molar-refractivity contribution in [2.75, 3.05) is 4.90 Å². The number of nitrogens with zero attached hydrogens (tertiary/aromatic N) is 2. The molecule has 0 saturated heterocycles. The molecular weight excluding hydrogens is 254 g/mol. The first kappa shape index (κ1) is 12.7. The molecule has 0 bridgehead atoms. The summed E-state index contributed by atoms with van der Waals surface area (Å²) in [4.78, 5) is 18.0. The lowest BCUT2D eigenvalue weighted by Crippen LogP contribution is -2.42. The van der Waals surface area contributed by atoms with E-state index in [2.05, 4.69) is 4.98 Å². The van der Waals surface area contributed by atoms with E-state index in [1.54, 1.807) is 0 Å². The minimum Gasteiger partial charge on any atom is -0.444 e. The number of nitrogens with two attached hydrogens (primary N) is 1. The van der Waals surface area contributed by atoms with Crippen LogP contribution in [0.4, 0.5) is 5.69 Å². The van der Waals surface area contributed by atoms with Crippen molar-refractivity contribution in [3.8, 4) is 0 Å². The van der Waals surface area contributed by atoms with Crippen LogP contribution >= 0.6 is 0 Å². The zero-order chi connectivity index (χ0) is 14.3. The molecule has 0 unspecified atom stereocenters. The molecule has 5 heteroatoms. The summed E-state index contributed by atoms with van der Waals surface area (Å²) in [6.45, 7) is 4.25. The van der Waals surface area contributed by atoms with E-state index in [1.165, 1.54) is 0 Å². The number of fused-ring (bicyclic) bond motifs is 1. The topological polar surface area (TPSA) is 72.4 Å². The number of rotatable bonds is 3. The maximum absolute atomic E-state index is 11.7. The number of hydrogen-bond acceptors (Lipinski definition) is 4. The van der Waals surface area contributed by atoms with Crippen LogP contribution in [0.5, 0.6) is 0 Å². The van der Waals surface area contributed by atoms with E-state index in [4.69, 9.17) is 10.2 Å². The number of aromatic nitrogens is 1. The van der Waals surface area contributed by atoms with Crippen molar-refractivity contribution in [2.45, 2.75) is 32.9 Å². The minimum atomic E-state index is -0.333. The van der Waals surface area contributed by atoms with Gasteiger partial charge in [-0.3, -0.25) is 4.79 Å². The average molecular weight is 271 g/mol. The van der Waals surface area contributed by atoms with E-state index in [9.17, 15) is 4.79 Å². The molecule has 2 N–H and O–H groups in total. The number of oxazole rings is 1. The number of aryl methyl sites for hydroxylation is 2. The van der Waals surface area contributed by atoms with E-state index < -0.39 is 0 Å². The quantitative estimate of drug-likeness (QED) is 0.922. The van der Waals surface area contributed by atoms with Crippen molar-refractivity contribution in [1.29, 1.82) is 0 Å². The second kappa shape index (κ2) is 4.67. The van der Waals surface area contributed by atoms with Crippen LogP contribution in [0.1, 0.15) is 22.9 Å². The van der Waals surface area contributed by atoms with Crippen molar-refractivity contribution in [2.24, 2.45) is 5.73 Å². The molecule has 0 fully saturated rings. The highest BCUT2D eigenvalue weighted by Gasteiger charge is 2.33. The van der Waals surface area contributed by atoms with E-state index in [0.29, 0.717) is 18.9 Å². The third-order valence-electron chi connectivity index (χ3n) is 3.80. The zero-order valence-electron chi connectivity index (χ0n) is 11.6. The van der Waals surface area contributed by atoms with Crippen LogP contribution in [0.15, 0.2) is 28.7 Å². The Bertz CT molecular complexity index is 643. The lowest BCUT2D eigenvalue weighted by atomic mass is 10.1. The highest BCUT2D eigenvalue weighted by Crippen LogP contribution is 2.33. The van der Waals surface area contributed by atoms with Gasteiger partial charge in [0.1, 0.15) is 11.8 Å². The number of para-hydroxylation sites is 1. The number of primary amides is 1. The van der Waals surface area contributed by atoms with Crippen molar-refractivity contribution in [1.82, 2.24) is 4.98 Å². The van der Waals surface area contributed by atoms with Crippen LogP contribution in [0.25, 0.3) is 0 Å². The van der Waals surface area contributed by atoms with Gasteiger partial charge in [0.15, 0.2) is 0 Å². The molecule has 1 aromatic heterocycles. The van der Waals surface area contributed by atoms with Crippen LogP contribution in [-0.4, -0.2) is 16.9 Å². The Hall–Kier alpha value is -2.30. The maximum atomic E-state index is 11.7. The van der Waals surface area contributed by atoms with Gasteiger partial charge in [-0.05, 0) is 25.5 Å². The summed E-state index contributed by atoms with van der Waals surface area (Å²) in [5, 5.41) is 0. The molecule has 1 aliphatic heterocycles. The van der Waals surface area contributed by atoms with Crippen LogP contribution < -0.4 is 10.6 Å². The van der Waals surface area contributed by atoms with Gasteiger partial charge in [-0.15, -0.1) is 0 Å². The number of carbonyl (C=O) groups excluding carboxylic acids is 1. The van der Waals surface area contributed by atoms with Gasteiger partial charge in [-0.2, -0.15) is 0 Å². The normalized spacial score (nSPS) is 17.3. The van der Waals surface area contributed by atoms with Gasteiger partial charge < -0.3 is 15.1 Å². The number of carbonyl (C=O) groups is 1. The third kappa shape index (κ3) is 2.05.